The van der Waals surface area contributed by atoms with Crippen LogP contribution in [0, 0.1) is 6.92 Å². The quantitative estimate of drug-likeness (QED) is 0.735. The number of benzene rings is 2. The fourth-order valence-electron chi connectivity index (χ4n) is 2.73. The third kappa shape index (κ3) is 5.64. The second-order valence-electron chi connectivity index (χ2n) is 7.29. The molecule has 2 rings (SSSR count). The van der Waals surface area contributed by atoms with Crippen molar-refractivity contribution in [1.29, 1.82) is 0 Å². The first-order valence-corrected chi connectivity index (χ1v) is 10.7. The summed E-state index contributed by atoms with van der Waals surface area (Å²) in [5.74, 6) is -0.147. The van der Waals surface area contributed by atoms with Gasteiger partial charge in [0.2, 0.25) is 15.9 Å². The van der Waals surface area contributed by atoms with Crippen LogP contribution in [0.25, 0.3) is 0 Å². The van der Waals surface area contributed by atoms with E-state index in [-0.39, 0.29) is 23.4 Å². The highest BCUT2D eigenvalue weighted by molar-refractivity contribution is 7.89. The van der Waals surface area contributed by atoms with Gasteiger partial charge in [0.15, 0.2) is 0 Å². The van der Waals surface area contributed by atoms with Crippen LogP contribution in [0.2, 0.25) is 0 Å². The van der Waals surface area contributed by atoms with Crippen molar-refractivity contribution in [2.75, 3.05) is 26.0 Å². The van der Waals surface area contributed by atoms with Gasteiger partial charge in [-0.05, 0) is 63.2 Å². The molecule has 0 fully saturated rings. The normalized spacial score (nSPS) is 12.0. The zero-order valence-corrected chi connectivity index (χ0v) is 18.0. The van der Waals surface area contributed by atoms with Gasteiger partial charge in [0.05, 0.1) is 11.4 Å². The smallest absolute Gasteiger partial charge is 0.243 e. The van der Waals surface area contributed by atoms with Crippen LogP contribution < -0.4 is 5.32 Å². The molecule has 0 aliphatic rings. The summed E-state index contributed by atoms with van der Waals surface area (Å²) in [4.78, 5) is 14.4. The Balaban J connectivity index is 1.96. The Labute approximate surface area is 168 Å². The molecule has 6 nitrogen and oxygen atoms in total. The van der Waals surface area contributed by atoms with Gasteiger partial charge in [-0.3, -0.25) is 9.69 Å². The predicted octanol–water partition coefficient (Wildman–Crippen LogP) is 3.09. The summed E-state index contributed by atoms with van der Waals surface area (Å²) in [6.45, 7) is 6.61. The van der Waals surface area contributed by atoms with Crippen molar-refractivity contribution in [3.63, 3.8) is 0 Å². The molecule has 7 heteroatoms. The van der Waals surface area contributed by atoms with Gasteiger partial charge in [-0.15, -0.1) is 0 Å². The molecular weight excluding hydrogens is 374 g/mol. The predicted molar refractivity (Wildman–Crippen MR) is 113 cm³/mol. The van der Waals surface area contributed by atoms with E-state index in [1.165, 1.54) is 27.6 Å². The maximum absolute atomic E-state index is 12.5. The minimum atomic E-state index is -3.53. The summed E-state index contributed by atoms with van der Waals surface area (Å²) in [5, 5.41) is 2.81. The van der Waals surface area contributed by atoms with Crippen LogP contribution in [0.1, 0.15) is 25.0 Å². The average Bonchev–Trinajstić information content (AvgIpc) is 2.63. The van der Waals surface area contributed by atoms with Crippen molar-refractivity contribution >= 4 is 21.6 Å². The van der Waals surface area contributed by atoms with Crippen LogP contribution >= 0.6 is 0 Å². The number of rotatable bonds is 8. The van der Waals surface area contributed by atoms with E-state index < -0.39 is 10.0 Å². The molecule has 0 radical (unpaired) electrons. The maximum atomic E-state index is 12.5. The first kappa shape index (κ1) is 22.1. The molecule has 152 valence electrons. The molecule has 1 amide bonds. The van der Waals surface area contributed by atoms with Gasteiger partial charge < -0.3 is 5.32 Å². The lowest BCUT2D eigenvalue weighted by molar-refractivity contribution is -0.117. The first-order chi connectivity index (χ1) is 13.1. The van der Waals surface area contributed by atoms with E-state index in [0.29, 0.717) is 12.2 Å². The fourth-order valence-corrected chi connectivity index (χ4v) is 4.10. The Morgan fingerprint density at radius 2 is 1.64 bits per heavy atom. The zero-order valence-electron chi connectivity index (χ0n) is 17.1. The Morgan fingerprint density at radius 3 is 2.21 bits per heavy atom. The lowest BCUT2D eigenvalue weighted by atomic mass is 10.1. The molecule has 0 aromatic heterocycles. The molecule has 0 heterocycles. The molecular formula is C21H29N3O3S. The van der Waals surface area contributed by atoms with E-state index in [2.05, 4.69) is 24.4 Å². The Bertz CT molecular complexity index is 909. The van der Waals surface area contributed by atoms with Gasteiger partial charge in [-0.1, -0.05) is 24.3 Å². The van der Waals surface area contributed by atoms with E-state index in [1.807, 2.05) is 37.9 Å². The molecule has 0 saturated carbocycles. The van der Waals surface area contributed by atoms with Crippen LogP contribution in [0.5, 0.6) is 0 Å². The van der Waals surface area contributed by atoms with E-state index in [9.17, 15) is 13.2 Å². The second-order valence-corrected chi connectivity index (χ2v) is 9.28. The largest absolute Gasteiger partial charge is 0.325 e. The fraction of sp³-hybridized carbons (Fsp3) is 0.381. The average molecular weight is 404 g/mol. The molecule has 2 aromatic carbocycles. The number of nitrogens with one attached hydrogen (secondary N) is 1. The number of anilines is 1. The minimum Gasteiger partial charge on any atom is -0.325 e. The van der Waals surface area contributed by atoms with E-state index in [0.717, 1.165) is 0 Å². The number of sulfonamides is 1. The summed E-state index contributed by atoms with van der Waals surface area (Å²) in [7, 11) is -0.0809. The van der Waals surface area contributed by atoms with Gasteiger partial charge in [-0.2, -0.15) is 4.31 Å². The highest BCUT2D eigenvalue weighted by atomic mass is 32.2. The number of aryl methyl sites for hydroxylation is 1. The number of carbonyl (C=O) groups is 1. The highest BCUT2D eigenvalue weighted by Gasteiger charge is 2.22. The lowest BCUT2D eigenvalue weighted by Gasteiger charge is -2.21. The van der Waals surface area contributed by atoms with Crippen molar-refractivity contribution in [3.8, 4) is 0 Å². The standard InChI is InChI=1S/C21H29N3O3S/c1-16(2)24(5)28(26,27)20-12-10-19(11-13-20)22-21(25)15-23(4)14-18-9-7-6-8-17(18)3/h6-13,16H,14-15H2,1-5H3,(H,22,25). The summed E-state index contributed by atoms with van der Waals surface area (Å²) in [6, 6.07) is 14.2. The number of nitrogens with zero attached hydrogens (tertiary/aromatic N) is 2. The van der Waals surface area contributed by atoms with Crippen LogP contribution in [-0.4, -0.2) is 50.2 Å². The number of likely N-dealkylation sites (N-methyl/N-ethyl adjacent to an activating group) is 1. The molecule has 0 saturated heterocycles. The van der Waals surface area contributed by atoms with Crippen molar-refractivity contribution < 1.29 is 13.2 Å². The third-order valence-electron chi connectivity index (χ3n) is 4.66. The first-order valence-electron chi connectivity index (χ1n) is 9.22. The number of amides is 1. The minimum absolute atomic E-state index is 0.131. The SMILES string of the molecule is Cc1ccccc1CN(C)CC(=O)Nc1ccc(S(=O)(=O)N(C)C(C)C)cc1. The second kappa shape index (κ2) is 9.32. The van der Waals surface area contributed by atoms with Crippen molar-refractivity contribution in [2.45, 2.75) is 38.3 Å². The molecule has 0 aliphatic carbocycles. The molecule has 0 atom stereocenters. The van der Waals surface area contributed by atoms with Crippen LogP contribution in [-0.2, 0) is 21.4 Å². The molecule has 0 aliphatic heterocycles. The number of hydrogen-bond acceptors (Lipinski definition) is 4. The van der Waals surface area contributed by atoms with Crippen LogP contribution in [0.3, 0.4) is 0 Å². The van der Waals surface area contributed by atoms with E-state index >= 15 is 0 Å². The third-order valence-corrected chi connectivity index (χ3v) is 6.71. The highest BCUT2D eigenvalue weighted by Crippen LogP contribution is 2.19. The van der Waals surface area contributed by atoms with Gasteiger partial charge in [0, 0.05) is 25.3 Å². The number of hydrogen-bond donors (Lipinski definition) is 1. The van der Waals surface area contributed by atoms with Gasteiger partial charge in [0.25, 0.3) is 0 Å². The summed E-state index contributed by atoms with van der Waals surface area (Å²) in [5.41, 5.74) is 2.94. The summed E-state index contributed by atoms with van der Waals surface area (Å²) >= 11 is 0. The summed E-state index contributed by atoms with van der Waals surface area (Å²) in [6.07, 6.45) is 0. The van der Waals surface area contributed by atoms with Crippen molar-refractivity contribution in [2.24, 2.45) is 0 Å². The van der Waals surface area contributed by atoms with Gasteiger partial charge in [-0.25, -0.2) is 8.42 Å². The topological polar surface area (TPSA) is 69.7 Å². The Morgan fingerprint density at radius 1 is 1.04 bits per heavy atom. The summed E-state index contributed by atoms with van der Waals surface area (Å²) < 4.78 is 26.3. The number of carbonyl (C=O) groups excluding carboxylic acids is 1. The molecule has 28 heavy (non-hydrogen) atoms. The molecule has 0 spiro atoms. The van der Waals surface area contributed by atoms with Gasteiger partial charge >= 0.3 is 0 Å². The lowest BCUT2D eigenvalue weighted by Crippen LogP contribution is -2.33. The van der Waals surface area contributed by atoms with Crippen LogP contribution in [0.4, 0.5) is 5.69 Å². The van der Waals surface area contributed by atoms with Crippen molar-refractivity contribution in [1.82, 2.24) is 9.21 Å². The molecule has 0 unspecified atom stereocenters. The zero-order chi connectivity index (χ0) is 20.9. The Kier molecular flexibility index (Phi) is 7.35. The van der Waals surface area contributed by atoms with E-state index in [1.54, 1.807) is 19.2 Å². The maximum Gasteiger partial charge on any atom is 0.243 e. The molecule has 2 aromatic rings. The molecule has 1 N–H and O–H groups in total. The van der Waals surface area contributed by atoms with Gasteiger partial charge in [0.1, 0.15) is 0 Å². The van der Waals surface area contributed by atoms with E-state index in [4.69, 9.17) is 0 Å². The van der Waals surface area contributed by atoms with Crippen molar-refractivity contribution in [3.05, 3.63) is 59.7 Å². The molecule has 0 bridgehead atoms. The monoisotopic (exact) mass is 403 g/mol. The van der Waals surface area contributed by atoms with Crippen LogP contribution in [0.15, 0.2) is 53.4 Å². The Hall–Kier alpha value is -2.22.